The molecule has 2 aromatic carbocycles. The van der Waals surface area contributed by atoms with Gasteiger partial charge >= 0.3 is 0 Å². The summed E-state index contributed by atoms with van der Waals surface area (Å²) >= 11 is 0. The molecule has 2 aromatic rings. The van der Waals surface area contributed by atoms with Gasteiger partial charge in [-0.1, -0.05) is 24.3 Å². The van der Waals surface area contributed by atoms with Gasteiger partial charge in [-0.25, -0.2) is 4.90 Å². The average molecular weight is 359 g/mol. The van der Waals surface area contributed by atoms with Crippen LogP contribution >= 0.6 is 0 Å². The Morgan fingerprint density at radius 2 is 1.46 bits per heavy atom. The molecule has 2 amide bonds. The van der Waals surface area contributed by atoms with Crippen molar-refractivity contribution in [2.75, 3.05) is 6.61 Å². The van der Waals surface area contributed by atoms with E-state index in [-0.39, 0.29) is 11.1 Å². The van der Waals surface area contributed by atoms with Crippen LogP contribution in [0.1, 0.15) is 20.7 Å². The van der Waals surface area contributed by atoms with Crippen LogP contribution in [0.2, 0.25) is 0 Å². The largest absolute Gasteiger partial charge is 0.394 e. The topological polar surface area (TPSA) is 128 Å². The van der Waals surface area contributed by atoms with Gasteiger partial charge in [0.25, 0.3) is 11.8 Å². The van der Waals surface area contributed by atoms with E-state index in [1.807, 2.05) is 0 Å². The van der Waals surface area contributed by atoms with Crippen LogP contribution < -0.4 is 0 Å². The fraction of sp³-hybridized carbons (Fsp3) is 0.333. The molecule has 4 rings (SSSR count). The third kappa shape index (κ3) is 2.28. The van der Waals surface area contributed by atoms with Crippen LogP contribution in [-0.4, -0.2) is 74.4 Å². The van der Waals surface area contributed by atoms with Gasteiger partial charge in [-0.2, -0.15) is 0 Å². The number of hydrogen-bond donors (Lipinski definition) is 4. The lowest BCUT2D eigenvalue weighted by Gasteiger charge is -2.44. The van der Waals surface area contributed by atoms with Crippen LogP contribution in [0.3, 0.4) is 0 Å². The molecule has 2 aliphatic rings. The molecule has 0 radical (unpaired) electrons. The second kappa shape index (κ2) is 6.11. The predicted octanol–water partition coefficient (Wildman–Crippen LogP) is -0.764. The molecular formula is C18H17NO7. The van der Waals surface area contributed by atoms with Crippen LogP contribution in [0.15, 0.2) is 36.4 Å². The molecule has 136 valence electrons. The van der Waals surface area contributed by atoms with Crippen molar-refractivity contribution >= 4 is 22.6 Å². The van der Waals surface area contributed by atoms with Crippen LogP contribution in [0, 0.1) is 0 Å². The maximum Gasteiger partial charge on any atom is 0.263 e. The Bertz CT molecular complexity index is 845. The lowest BCUT2D eigenvalue weighted by atomic mass is 9.92. The van der Waals surface area contributed by atoms with E-state index in [2.05, 4.69) is 0 Å². The zero-order valence-electron chi connectivity index (χ0n) is 13.5. The summed E-state index contributed by atoms with van der Waals surface area (Å²) < 4.78 is 5.40. The highest BCUT2D eigenvalue weighted by Crippen LogP contribution is 2.33. The Morgan fingerprint density at radius 1 is 0.885 bits per heavy atom. The smallest absolute Gasteiger partial charge is 0.263 e. The standard InChI is InChI=1S/C18H17NO7/c20-7-11-13(21)14(22)15(23)18(26-11)19-16(24)9-5-1-3-8-4-2-6-10(12(8)9)17(19)25/h1-6,11,13-15,18,20-23H,7H2/t11-,13+,14+,15+,18?/m1/s1. The minimum absolute atomic E-state index is 0.273. The first-order valence-electron chi connectivity index (χ1n) is 8.16. The summed E-state index contributed by atoms with van der Waals surface area (Å²) in [6, 6.07) is 10.1. The van der Waals surface area contributed by atoms with Gasteiger partial charge < -0.3 is 25.2 Å². The summed E-state index contributed by atoms with van der Waals surface area (Å²) in [5.74, 6) is -1.35. The first-order chi connectivity index (χ1) is 12.5. The second-order valence-electron chi connectivity index (χ2n) is 6.41. The number of ether oxygens (including phenoxy) is 1. The highest BCUT2D eigenvalue weighted by Gasteiger charge is 2.50. The first-order valence-corrected chi connectivity index (χ1v) is 8.16. The van der Waals surface area contributed by atoms with Crippen molar-refractivity contribution in [3.8, 4) is 0 Å². The maximum atomic E-state index is 12.9. The second-order valence-corrected chi connectivity index (χ2v) is 6.41. The normalized spacial score (nSPS) is 31.5. The third-order valence-electron chi connectivity index (χ3n) is 4.92. The lowest BCUT2D eigenvalue weighted by Crippen LogP contribution is -2.65. The molecule has 4 N–H and O–H groups in total. The molecule has 0 aliphatic carbocycles. The number of amides is 2. The number of nitrogens with zero attached hydrogens (tertiary/aromatic N) is 1. The number of aliphatic hydroxyl groups excluding tert-OH is 4. The third-order valence-corrected chi connectivity index (χ3v) is 4.92. The summed E-state index contributed by atoms with van der Waals surface area (Å²) in [6.45, 7) is -0.649. The molecule has 8 nitrogen and oxygen atoms in total. The highest BCUT2D eigenvalue weighted by molar-refractivity contribution is 6.25. The predicted molar refractivity (Wildman–Crippen MR) is 88.2 cm³/mol. The van der Waals surface area contributed by atoms with Gasteiger partial charge in [0.15, 0.2) is 6.23 Å². The SMILES string of the molecule is O=C1c2cccc3cccc(c23)C(=O)N1C1O[C@H](CO)[C@H](O)[C@H](O)[C@@H]1O. The Balaban J connectivity index is 1.81. The zero-order chi connectivity index (χ0) is 18.6. The minimum Gasteiger partial charge on any atom is -0.394 e. The van der Waals surface area contributed by atoms with E-state index in [9.17, 15) is 30.0 Å². The summed E-state index contributed by atoms with van der Waals surface area (Å²) in [7, 11) is 0. The van der Waals surface area contributed by atoms with Gasteiger partial charge in [-0.15, -0.1) is 0 Å². The lowest BCUT2D eigenvalue weighted by molar-refractivity contribution is -0.251. The van der Waals surface area contributed by atoms with E-state index in [0.717, 1.165) is 10.3 Å². The number of rotatable bonds is 2. The average Bonchev–Trinajstić information content (AvgIpc) is 2.66. The Morgan fingerprint density at radius 3 is 2.00 bits per heavy atom. The monoisotopic (exact) mass is 359 g/mol. The molecule has 5 atom stereocenters. The van der Waals surface area contributed by atoms with Crippen molar-refractivity contribution in [3.63, 3.8) is 0 Å². The highest BCUT2D eigenvalue weighted by atomic mass is 16.6. The Labute approximate surface area is 147 Å². The van der Waals surface area contributed by atoms with Crippen molar-refractivity contribution in [1.82, 2.24) is 4.90 Å². The minimum atomic E-state index is -1.72. The number of benzene rings is 2. The quantitative estimate of drug-likeness (QED) is 0.519. The van der Waals surface area contributed by atoms with Crippen molar-refractivity contribution in [2.24, 2.45) is 0 Å². The van der Waals surface area contributed by atoms with Gasteiger partial charge in [0, 0.05) is 16.5 Å². The van der Waals surface area contributed by atoms with Gasteiger partial charge in [-0.3, -0.25) is 9.59 Å². The molecule has 2 aliphatic heterocycles. The van der Waals surface area contributed by atoms with Crippen molar-refractivity contribution < 1.29 is 34.8 Å². The number of aliphatic hydroxyl groups is 4. The van der Waals surface area contributed by atoms with Gasteiger partial charge in [0.1, 0.15) is 24.4 Å². The molecule has 26 heavy (non-hydrogen) atoms. The van der Waals surface area contributed by atoms with Crippen molar-refractivity contribution in [1.29, 1.82) is 0 Å². The van der Waals surface area contributed by atoms with Crippen molar-refractivity contribution in [2.45, 2.75) is 30.6 Å². The number of carbonyl (C=O) groups excluding carboxylic acids is 2. The number of carbonyl (C=O) groups is 2. The van der Waals surface area contributed by atoms with Crippen molar-refractivity contribution in [3.05, 3.63) is 47.5 Å². The molecule has 1 unspecified atom stereocenters. The molecule has 2 heterocycles. The van der Waals surface area contributed by atoms with Crippen LogP contribution in [0.25, 0.3) is 10.8 Å². The zero-order valence-corrected chi connectivity index (χ0v) is 13.5. The molecule has 0 aromatic heterocycles. The summed E-state index contributed by atoms with van der Waals surface area (Å²) in [5, 5.41) is 40.7. The van der Waals surface area contributed by atoms with E-state index < -0.39 is 49.1 Å². The van der Waals surface area contributed by atoms with E-state index in [4.69, 9.17) is 4.74 Å². The molecule has 1 fully saturated rings. The van der Waals surface area contributed by atoms with Crippen LogP contribution in [0.4, 0.5) is 0 Å². The maximum absolute atomic E-state index is 12.9. The van der Waals surface area contributed by atoms with Crippen LogP contribution in [0.5, 0.6) is 0 Å². The van der Waals surface area contributed by atoms with Gasteiger partial charge in [0.2, 0.25) is 0 Å². The molecule has 0 saturated carbocycles. The van der Waals surface area contributed by atoms with E-state index in [0.29, 0.717) is 5.39 Å². The Hall–Kier alpha value is -2.36. The Kier molecular flexibility index (Phi) is 4.02. The molecule has 8 heteroatoms. The summed E-state index contributed by atoms with van der Waals surface area (Å²) in [5.41, 5.74) is 0.546. The molecular weight excluding hydrogens is 342 g/mol. The first kappa shape index (κ1) is 17.1. The molecule has 0 spiro atoms. The fourth-order valence-corrected chi connectivity index (χ4v) is 3.58. The number of imide groups is 1. The molecule has 0 bridgehead atoms. The van der Waals surface area contributed by atoms with E-state index >= 15 is 0 Å². The van der Waals surface area contributed by atoms with Crippen LogP contribution in [-0.2, 0) is 4.74 Å². The van der Waals surface area contributed by atoms with Gasteiger partial charge in [-0.05, 0) is 17.5 Å². The van der Waals surface area contributed by atoms with Gasteiger partial charge in [0.05, 0.1) is 6.61 Å². The summed E-state index contributed by atoms with van der Waals surface area (Å²) in [4.78, 5) is 26.6. The fourth-order valence-electron chi connectivity index (χ4n) is 3.58. The summed E-state index contributed by atoms with van der Waals surface area (Å²) in [6.07, 6.45) is -7.72. The number of hydrogen-bond acceptors (Lipinski definition) is 7. The van der Waals surface area contributed by atoms with E-state index in [1.54, 1.807) is 36.4 Å². The molecule has 1 saturated heterocycles. The van der Waals surface area contributed by atoms with E-state index in [1.165, 1.54) is 0 Å².